The Labute approximate surface area is 99.9 Å². The molecule has 1 rings (SSSR count). The van der Waals surface area contributed by atoms with Crippen LogP contribution in [0.25, 0.3) is 0 Å². The molecule has 0 bridgehead atoms. The standard InChI is InChI=1S/C10H8BrNO4/c1-16-10(15)9(14)12-8(13)6-2-4-7(11)5-3-6/h2-5H,1H3,(H,12,13,14). The molecule has 6 heteroatoms. The van der Waals surface area contributed by atoms with Crippen molar-refractivity contribution in [2.24, 2.45) is 0 Å². The molecule has 0 fully saturated rings. The second kappa shape index (κ2) is 5.41. The lowest BCUT2D eigenvalue weighted by atomic mass is 10.2. The van der Waals surface area contributed by atoms with Crippen LogP contribution in [0.2, 0.25) is 0 Å². The fraction of sp³-hybridized carbons (Fsp3) is 0.100. The van der Waals surface area contributed by atoms with E-state index in [0.717, 1.165) is 11.6 Å². The molecule has 0 aliphatic heterocycles. The van der Waals surface area contributed by atoms with Crippen LogP contribution in [0.4, 0.5) is 0 Å². The van der Waals surface area contributed by atoms with Crippen LogP contribution in [0.1, 0.15) is 10.4 Å². The summed E-state index contributed by atoms with van der Waals surface area (Å²) >= 11 is 3.21. The fourth-order valence-corrected chi connectivity index (χ4v) is 1.18. The van der Waals surface area contributed by atoms with Gasteiger partial charge < -0.3 is 4.74 Å². The molecule has 0 unspecified atom stereocenters. The molecule has 1 aromatic rings. The lowest BCUT2D eigenvalue weighted by Crippen LogP contribution is -2.36. The third kappa shape index (κ3) is 3.16. The molecule has 0 atom stereocenters. The number of nitrogens with one attached hydrogen (secondary N) is 1. The van der Waals surface area contributed by atoms with Crippen molar-refractivity contribution in [3.63, 3.8) is 0 Å². The third-order valence-corrected chi connectivity index (χ3v) is 2.23. The van der Waals surface area contributed by atoms with E-state index >= 15 is 0 Å². The number of ether oxygens (including phenoxy) is 1. The van der Waals surface area contributed by atoms with Crippen LogP contribution in [0, 0.1) is 0 Å². The minimum atomic E-state index is -1.11. The number of hydrogen-bond donors (Lipinski definition) is 1. The number of imide groups is 1. The summed E-state index contributed by atoms with van der Waals surface area (Å²) in [6.45, 7) is 0. The molecule has 5 nitrogen and oxygen atoms in total. The maximum absolute atomic E-state index is 11.4. The first-order chi connectivity index (χ1) is 7.54. The zero-order valence-corrected chi connectivity index (χ0v) is 9.91. The Kier molecular flexibility index (Phi) is 4.19. The van der Waals surface area contributed by atoms with E-state index in [1.807, 2.05) is 5.32 Å². The molecule has 1 N–H and O–H groups in total. The van der Waals surface area contributed by atoms with Crippen molar-refractivity contribution in [2.75, 3.05) is 7.11 Å². The van der Waals surface area contributed by atoms with Gasteiger partial charge in [0, 0.05) is 10.0 Å². The zero-order chi connectivity index (χ0) is 12.1. The number of amides is 2. The summed E-state index contributed by atoms with van der Waals surface area (Å²) in [5.41, 5.74) is 0.278. The van der Waals surface area contributed by atoms with Gasteiger partial charge in [0.25, 0.3) is 5.91 Å². The summed E-state index contributed by atoms with van der Waals surface area (Å²) in [5.74, 6) is -2.84. The minimum absolute atomic E-state index is 0.278. The Morgan fingerprint density at radius 3 is 2.25 bits per heavy atom. The summed E-state index contributed by atoms with van der Waals surface area (Å²) in [6, 6.07) is 6.34. The third-order valence-electron chi connectivity index (χ3n) is 1.70. The topological polar surface area (TPSA) is 72.5 Å². The molecule has 0 saturated carbocycles. The quantitative estimate of drug-likeness (QED) is 0.614. The molecule has 16 heavy (non-hydrogen) atoms. The number of halogens is 1. The minimum Gasteiger partial charge on any atom is -0.462 e. The van der Waals surface area contributed by atoms with Crippen molar-refractivity contribution in [1.29, 1.82) is 0 Å². The number of methoxy groups -OCH3 is 1. The highest BCUT2D eigenvalue weighted by molar-refractivity contribution is 9.10. The van der Waals surface area contributed by atoms with Crippen LogP contribution in [0.15, 0.2) is 28.7 Å². The molecule has 0 spiro atoms. The number of hydrogen-bond acceptors (Lipinski definition) is 4. The monoisotopic (exact) mass is 285 g/mol. The van der Waals surface area contributed by atoms with E-state index in [0.29, 0.717) is 0 Å². The highest BCUT2D eigenvalue weighted by Gasteiger charge is 2.17. The lowest BCUT2D eigenvalue weighted by Gasteiger charge is -2.02. The van der Waals surface area contributed by atoms with Crippen molar-refractivity contribution in [1.82, 2.24) is 5.32 Å². The summed E-state index contributed by atoms with van der Waals surface area (Å²) < 4.78 is 4.97. The highest BCUT2D eigenvalue weighted by Crippen LogP contribution is 2.10. The Balaban J connectivity index is 2.69. The zero-order valence-electron chi connectivity index (χ0n) is 8.32. The molecular formula is C10H8BrNO4. The first-order valence-electron chi connectivity index (χ1n) is 4.24. The lowest BCUT2D eigenvalue weighted by molar-refractivity contribution is -0.152. The summed E-state index contributed by atoms with van der Waals surface area (Å²) in [7, 11) is 1.06. The normalized spacial score (nSPS) is 9.38. The van der Waals surface area contributed by atoms with Crippen LogP contribution in [-0.4, -0.2) is 24.9 Å². The van der Waals surface area contributed by atoms with E-state index in [4.69, 9.17) is 0 Å². The summed E-state index contributed by atoms with van der Waals surface area (Å²) in [4.78, 5) is 33.2. The van der Waals surface area contributed by atoms with Gasteiger partial charge in [-0.15, -0.1) is 0 Å². The van der Waals surface area contributed by atoms with Crippen molar-refractivity contribution >= 4 is 33.7 Å². The first-order valence-corrected chi connectivity index (χ1v) is 5.03. The summed E-state index contributed by atoms with van der Waals surface area (Å²) in [6.07, 6.45) is 0. The van der Waals surface area contributed by atoms with Crippen molar-refractivity contribution in [2.45, 2.75) is 0 Å². The molecule has 84 valence electrons. The fourth-order valence-electron chi connectivity index (χ4n) is 0.920. The van der Waals surface area contributed by atoms with E-state index in [1.165, 1.54) is 12.1 Å². The van der Waals surface area contributed by atoms with E-state index in [-0.39, 0.29) is 5.56 Å². The number of esters is 1. The van der Waals surface area contributed by atoms with Gasteiger partial charge in [-0.25, -0.2) is 4.79 Å². The second-order valence-electron chi connectivity index (χ2n) is 2.78. The molecule has 0 aromatic heterocycles. The molecule has 0 saturated heterocycles. The maximum atomic E-state index is 11.4. The Morgan fingerprint density at radius 2 is 1.75 bits per heavy atom. The van der Waals surface area contributed by atoms with E-state index in [2.05, 4.69) is 20.7 Å². The van der Waals surface area contributed by atoms with Gasteiger partial charge in [-0.05, 0) is 24.3 Å². The van der Waals surface area contributed by atoms with Gasteiger partial charge in [-0.1, -0.05) is 15.9 Å². The van der Waals surface area contributed by atoms with Crippen LogP contribution in [-0.2, 0) is 14.3 Å². The molecule has 0 radical (unpaired) electrons. The molecule has 2 amide bonds. The Morgan fingerprint density at radius 1 is 1.19 bits per heavy atom. The van der Waals surface area contributed by atoms with Gasteiger partial charge in [0.1, 0.15) is 0 Å². The second-order valence-corrected chi connectivity index (χ2v) is 3.70. The van der Waals surface area contributed by atoms with Crippen LogP contribution >= 0.6 is 15.9 Å². The van der Waals surface area contributed by atoms with Gasteiger partial charge in [0.05, 0.1) is 7.11 Å². The molecule has 0 aliphatic carbocycles. The molecule has 0 aliphatic rings. The average Bonchev–Trinajstić information content (AvgIpc) is 2.28. The van der Waals surface area contributed by atoms with Gasteiger partial charge >= 0.3 is 11.9 Å². The van der Waals surface area contributed by atoms with Gasteiger partial charge in [-0.2, -0.15) is 0 Å². The number of benzene rings is 1. The van der Waals surface area contributed by atoms with Gasteiger partial charge in [-0.3, -0.25) is 14.9 Å². The smallest absolute Gasteiger partial charge is 0.396 e. The average molecular weight is 286 g/mol. The van der Waals surface area contributed by atoms with E-state index in [9.17, 15) is 14.4 Å². The van der Waals surface area contributed by atoms with Crippen molar-refractivity contribution in [3.8, 4) is 0 Å². The molecule has 0 heterocycles. The molecular weight excluding hydrogens is 278 g/mol. The number of carbonyl (C=O) groups is 3. The predicted octanol–water partition coefficient (Wildman–Crippen LogP) is 0.878. The van der Waals surface area contributed by atoms with Crippen molar-refractivity contribution < 1.29 is 19.1 Å². The highest BCUT2D eigenvalue weighted by atomic mass is 79.9. The van der Waals surface area contributed by atoms with E-state index < -0.39 is 17.8 Å². The first kappa shape index (κ1) is 12.4. The Bertz CT molecular complexity index is 427. The number of rotatable bonds is 1. The van der Waals surface area contributed by atoms with Crippen LogP contribution < -0.4 is 5.32 Å². The summed E-state index contributed by atoms with van der Waals surface area (Å²) in [5, 5.41) is 1.90. The van der Waals surface area contributed by atoms with E-state index in [1.54, 1.807) is 12.1 Å². The van der Waals surface area contributed by atoms with Crippen LogP contribution in [0.3, 0.4) is 0 Å². The number of carbonyl (C=O) groups excluding carboxylic acids is 3. The SMILES string of the molecule is COC(=O)C(=O)NC(=O)c1ccc(Br)cc1. The van der Waals surface area contributed by atoms with Crippen molar-refractivity contribution in [3.05, 3.63) is 34.3 Å². The Hall–Kier alpha value is -1.69. The van der Waals surface area contributed by atoms with Gasteiger partial charge in [0.2, 0.25) is 0 Å². The van der Waals surface area contributed by atoms with Crippen LogP contribution in [0.5, 0.6) is 0 Å². The van der Waals surface area contributed by atoms with Gasteiger partial charge in [0.15, 0.2) is 0 Å². The maximum Gasteiger partial charge on any atom is 0.396 e. The predicted molar refractivity (Wildman–Crippen MR) is 58.6 cm³/mol. The largest absolute Gasteiger partial charge is 0.462 e. The molecule has 1 aromatic carbocycles.